The molecule has 4 aliphatic rings. The van der Waals surface area contributed by atoms with Crippen LogP contribution in [0.25, 0.3) is 33.6 Å². The van der Waals surface area contributed by atoms with Crippen LogP contribution < -0.4 is 10.6 Å². The summed E-state index contributed by atoms with van der Waals surface area (Å²) >= 11 is 0. The molecule has 4 N–H and O–H groups in total. The summed E-state index contributed by atoms with van der Waals surface area (Å²) in [6.07, 6.45) is 17.7. The maximum Gasteiger partial charge on any atom is 0.224 e. The third-order valence-electron chi connectivity index (χ3n) is 13.4. The van der Waals surface area contributed by atoms with Gasteiger partial charge in [-0.05, 0) is 108 Å². The lowest BCUT2D eigenvalue weighted by Crippen LogP contribution is -2.37. The lowest BCUT2D eigenvalue weighted by atomic mass is 9.78. The maximum atomic E-state index is 13.5. The topological polar surface area (TPSA) is 141 Å². The van der Waals surface area contributed by atoms with Gasteiger partial charge in [-0.15, -0.1) is 0 Å². The highest BCUT2D eigenvalue weighted by Crippen LogP contribution is 2.57. The molecule has 0 aliphatic heterocycles. The summed E-state index contributed by atoms with van der Waals surface area (Å²) < 4.78 is 0. The number of imidazole rings is 2. The molecule has 56 heavy (non-hydrogen) atoms. The highest BCUT2D eigenvalue weighted by Gasteiger charge is 2.53. The highest BCUT2D eigenvalue weighted by molar-refractivity contribution is 5.81. The molecule has 2 aromatic carbocycles. The van der Waals surface area contributed by atoms with Crippen LogP contribution >= 0.6 is 0 Å². The van der Waals surface area contributed by atoms with E-state index in [0.717, 1.165) is 94.9 Å². The molecular weight excluding hydrogens is 697 g/mol. The normalized spacial score (nSPS) is 26.1. The molecule has 4 fully saturated rings. The Morgan fingerprint density at radius 1 is 0.536 bits per heavy atom. The van der Waals surface area contributed by atoms with Crippen LogP contribution in [0.3, 0.4) is 0 Å². The second-order valence-corrected chi connectivity index (χ2v) is 16.4. The van der Waals surface area contributed by atoms with Crippen molar-refractivity contribution in [3.05, 3.63) is 133 Å². The van der Waals surface area contributed by atoms with Crippen molar-refractivity contribution >= 4 is 11.8 Å². The van der Waals surface area contributed by atoms with Crippen molar-refractivity contribution in [2.75, 3.05) is 0 Å². The number of aromatic nitrogens is 6. The van der Waals surface area contributed by atoms with E-state index in [1.807, 2.05) is 36.7 Å². The van der Waals surface area contributed by atoms with Crippen LogP contribution in [0.1, 0.15) is 73.1 Å². The van der Waals surface area contributed by atoms with Gasteiger partial charge >= 0.3 is 0 Å². The second-order valence-electron chi connectivity index (χ2n) is 16.4. The highest BCUT2D eigenvalue weighted by atomic mass is 16.2. The van der Waals surface area contributed by atoms with Gasteiger partial charge in [0.05, 0.1) is 35.6 Å². The first-order chi connectivity index (χ1) is 27.6. The van der Waals surface area contributed by atoms with Crippen molar-refractivity contribution < 1.29 is 9.59 Å². The van der Waals surface area contributed by atoms with Gasteiger partial charge < -0.3 is 20.6 Å². The maximum absolute atomic E-state index is 13.5. The number of carbonyl (C=O) groups is 2. The Bertz CT molecular complexity index is 2160. The molecule has 8 atom stereocenters. The van der Waals surface area contributed by atoms with Gasteiger partial charge in [-0.25, -0.2) is 9.97 Å². The van der Waals surface area contributed by atoms with Gasteiger partial charge in [0.15, 0.2) is 0 Å². The van der Waals surface area contributed by atoms with Gasteiger partial charge in [-0.3, -0.25) is 19.6 Å². The number of hydrogen-bond donors (Lipinski definition) is 4. The lowest BCUT2D eigenvalue weighted by molar-refractivity contribution is -0.128. The Hall–Kier alpha value is -5.90. The van der Waals surface area contributed by atoms with E-state index >= 15 is 0 Å². The molecule has 10 rings (SSSR count). The zero-order chi connectivity index (χ0) is 37.6. The lowest BCUT2D eigenvalue weighted by Gasteiger charge is -2.28. The summed E-state index contributed by atoms with van der Waals surface area (Å²) in [6, 6.07) is 24.9. The fraction of sp³-hybridized carbons (Fsp3) is 0.348. The standard InChI is InChI=1S/C46H46N8O2/c55-45(51-23-27-3-1-17-47-21-27)41-35-15-13-33(19-35)39(41)43-49-25-37(53-43)31-9-5-29(6-10-31)30-7-11-32(12-8-30)38-26-50-44(54-38)40-34-14-16-36(20-34)42(40)46(56)52-24-28-4-2-18-48-22-28/h1-12,17-18,21-22,25-26,33-36,39-42H,13-16,19-20,23-24H2,(H,49,53)(H,50,54)(H,51,55)(H,52,56)/t33?,34?,35?,36?,39-,40?,41?,42+/m0/s1. The second kappa shape index (κ2) is 14.6. The number of aromatic amines is 2. The van der Waals surface area contributed by atoms with Crippen molar-refractivity contribution in [2.45, 2.75) is 63.5 Å². The zero-order valence-corrected chi connectivity index (χ0v) is 31.3. The molecule has 6 unspecified atom stereocenters. The number of carbonyl (C=O) groups excluding carboxylic acids is 2. The van der Waals surface area contributed by atoms with Crippen LogP contribution in [0.2, 0.25) is 0 Å². The fourth-order valence-corrected chi connectivity index (χ4v) is 10.7. The molecule has 4 aromatic heterocycles. The molecule has 2 amide bonds. The van der Waals surface area contributed by atoms with E-state index in [1.165, 1.54) is 0 Å². The number of rotatable bonds is 11. The van der Waals surface area contributed by atoms with Gasteiger partial charge in [0.1, 0.15) is 11.6 Å². The minimum absolute atomic E-state index is 0.0624. The van der Waals surface area contributed by atoms with Crippen LogP contribution in [0.15, 0.2) is 110 Å². The smallest absolute Gasteiger partial charge is 0.224 e. The molecule has 0 radical (unpaired) electrons. The summed E-state index contributed by atoms with van der Waals surface area (Å²) in [6.45, 7) is 0.987. The summed E-state index contributed by atoms with van der Waals surface area (Å²) in [5.74, 6) is 3.97. The Labute approximate surface area is 326 Å². The number of pyridine rings is 2. The molecule has 6 aromatic rings. The van der Waals surface area contributed by atoms with Crippen LogP contribution in [0.4, 0.5) is 0 Å². The predicted octanol–water partition coefficient (Wildman–Crippen LogP) is 7.82. The molecule has 0 spiro atoms. The first kappa shape index (κ1) is 34.6. The van der Waals surface area contributed by atoms with Crippen molar-refractivity contribution in [3.63, 3.8) is 0 Å². The van der Waals surface area contributed by atoms with E-state index in [2.05, 4.69) is 79.1 Å². The zero-order valence-electron chi connectivity index (χ0n) is 31.3. The first-order valence-electron chi connectivity index (χ1n) is 20.2. The van der Waals surface area contributed by atoms with Gasteiger partial charge in [-0.2, -0.15) is 0 Å². The molecule has 4 bridgehead atoms. The number of nitrogens with zero attached hydrogens (tertiary/aromatic N) is 4. The number of hydrogen-bond acceptors (Lipinski definition) is 6. The van der Waals surface area contributed by atoms with E-state index < -0.39 is 0 Å². The molecule has 0 saturated heterocycles. The summed E-state index contributed by atoms with van der Waals surface area (Å²) in [4.78, 5) is 52.4. The third kappa shape index (κ3) is 6.50. The van der Waals surface area contributed by atoms with Crippen LogP contribution in [-0.2, 0) is 22.7 Å². The Kier molecular flexibility index (Phi) is 9.04. The van der Waals surface area contributed by atoms with Crippen LogP contribution in [-0.4, -0.2) is 41.7 Å². The molecule has 282 valence electrons. The van der Waals surface area contributed by atoms with Gasteiger partial charge in [-0.1, -0.05) is 60.7 Å². The molecule has 10 heteroatoms. The van der Waals surface area contributed by atoms with E-state index in [4.69, 9.17) is 9.97 Å². The van der Waals surface area contributed by atoms with Crippen LogP contribution in [0, 0.1) is 35.5 Å². The molecule has 10 nitrogen and oxygen atoms in total. The first-order valence-corrected chi connectivity index (χ1v) is 20.2. The Balaban J connectivity index is 0.798. The summed E-state index contributed by atoms with van der Waals surface area (Å²) in [5.41, 5.74) is 8.35. The number of amides is 2. The number of benzene rings is 2. The fourth-order valence-electron chi connectivity index (χ4n) is 10.7. The monoisotopic (exact) mass is 742 g/mol. The SMILES string of the molecule is O=C(NCc1cccnc1)C1C2CCC(C2)[C@@H]1c1ncc(-c2ccc(-c3ccc(-c4cnc(C5C6CCC(C6)[C@H]5C(=O)NCc5cccnc5)[nH]4)cc3)cc2)[nH]1. The Morgan fingerprint density at radius 3 is 1.36 bits per heavy atom. The minimum Gasteiger partial charge on any atom is -0.352 e. The quantitative estimate of drug-likeness (QED) is 0.107. The number of H-pyrrole nitrogens is 2. The summed E-state index contributed by atoms with van der Waals surface area (Å²) in [7, 11) is 0. The van der Waals surface area contributed by atoms with Crippen molar-refractivity contribution in [1.82, 2.24) is 40.5 Å². The van der Waals surface area contributed by atoms with E-state index in [1.54, 1.807) is 24.8 Å². The molecular formula is C46H46N8O2. The van der Waals surface area contributed by atoms with E-state index in [-0.39, 0.29) is 35.5 Å². The van der Waals surface area contributed by atoms with Gasteiger partial charge in [0.25, 0.3) is 0 Å². The van der Waals surface area contributed by atoms with Gasteiger partial charge in [0, 0.05) is 49.7 Å². The summed E-state index contributed by atoms with van der Waals surface area (Å²) in [5, 5.41) is 6.38. The molecule has 4 heterocycles. The average Bonchev–Trinajstić information content (AvgIpc) is 4.12. The largest absolute Gasteiger partial charge is 0.352 e. The molecule has 4 saturated carbocycles. The van der Waals surface area contributed by atoms with Crippen LogP contribution in [0.5, 0.6) is 0 Å². The molecule has 4 aliphatic carbocycles. The van der Waals surface area contributed by atoms with E-state index in [9.17, 15) is 9.59 Å². The van der Waals surface area contributed by atoms with E-state index in [0.29, 0.717) is 36.8 Å². The minimum atomic E-state index is -0.0624. The third-order valence-corrected chi connectivity index (χ3v) is 13.4. The average molecular weight is 743 g/mol. The number of nitrogens with one attached hydrogen (secondary N) is 4. The number of fused-ring (bicyclic) bond motifs is 4. The van der Waals surface area contributed by atoms with Gasteiger partial charge in [0.2, 0.25) is 11.8 Å². The van der Waals surface area contributed by atoms with Crippen molar-refractivity contribution in [1.29, 1.82) is 0 Å². The Morgan fingerprint density at radius 2 is 0.946 bits per heavy atom. The van der Waals surface area contributed by atoms with Crippen molar-refractivity contribution in [3.8, 4) is 33.6 Å². The predicted molar refractivity (Wildman–Crippen MR) is 213 cm³/mol. The van der Waals surface area contributed by atoms with Crippen molar-refractivity contribution in [2.24, 2.45) is 35.5 Å².